The molecule has 15 heavy (non-hydrogen) atoms. The standard InChI is InChI=1S/C10H17NO3S/c1-11(7-10(13)14)9(12)6-8-2-4-15-5-3-8/h8H,2-7H2,1H3,(H,13,14). The van der Waals surface area contributed by atoms with Crippen molar-refractivity contribution in [1.82, 2.24) is 4.90 Å². The van der Waals surface area contributed by atoms with Gasteiger partial charge in [-0.25, -0.2) is 0 Å². The molecule has 1 N–H and O–H groups in total. The molecule has 1 amide bonds. The molecule has 0 saturated carbocycles. The van der Waals surface area contributed by atoms with Gasteiger partial charge in [0.25, 0.3) is 0 Å². The van der Waals surface area contributed by atoms with Crippen LogP contribution in [0.1, 0.15) is 19.3 Å². The van der Waals surface area contributed by atoms with Crippen molar-refractivity contribution in [1.29, 1.82) is 0 Å². The first-order valence-corrected chi connectivity index (χ1v) is 6.28. The van der Waals surface area contributed by atoms with Crippen LogP contribution in [0.4, 0.5) is 0 Å². The zero-order valence-corrected chi connectivity index (χ0v) is 9.76. The van der Waals surface area contributed by atoms with Crippen molar-refractivity contribution in [2.45, 2.75) is 19.3 Å². The molecule has 0 aromatic heterocycles. The summed E-state index contributed by atoms with van der Waals surface area (Å²) >= 11 is 1.93. The highest BCUT2D eigenvalue weighted by Gasteiger charge is 2.20. The van der Waals surface area contributed by atoms with Gasteiger partial charge in [-0.05, 0) is 30.3 Å². The van der Waals surface area contributed by atoms with Crippen LogP contribution in [0.25, 0.3) is 0 Å². The van der Waals surface area contributed by atoms with Crippen LogP contribution in [0.2, 0.25) is 0 Å². The van der Waals surface area contributed by atoms with Crippen molar-refractivity contribution < 1.29 is 14.7 Å². The number of thioether (sulfide) groups is 1. The molecule has 1 heterocycles. The Morgan fingerprint density at radius 3 is 2.53 bits per heavy atom. The maximum atomic E-state index is 11.6. The third-order valence-corrected chi connectivity index (χ3v) is 3.65. The van der Waals surface area contributed by atoms with Crippen molar-refractivity contribution in [3.8, 4) is 0 Å². The van der Waals surface area contributed by atoms with Crippen LogP contribution in [-0.2, 0) is 9.59 Å². The lowest BCUT2D eigenvalue weighted by Crippen LogP contribution is -2.33. The summed E-state index contributed by atoms with van der Waals surface area (Å²) in [5.41, 5.74) is 0. The van der Waals surface area contributed by atoms with E-state index in [4.69, 9.17) is 5.11 Å². The fourth-order valence-electron chi connectivity index (χ4n) is 1.64. The van der Waals surface area contributed by atoms with Crippen LogP contribution in [0.3, 0.4) is 0 Å². The highest BCUT2D eigenvalue weighted by molar-refractivity contribution is 7.99. The van der Waals surface area contributed by atoms with Gasteiger partial charge in [0.2, 0.25) is 5.91 Å². The van der Waals surface area contributed by atoms with E-state index in [1.54, 1.807) is 7.05 Å². The molecule has 0 unspecified atom stereocenters. The summed E-state index contributed by atoms with van der Waals surface area (Å²) in [6.45, 7) is -0.194. The van der Waals surface area contributed by atoms with Crippen LogP contribution in [0.5, 0.6) is 0 Å². The van der Waals surface area contributed by atoms with E-state index in [-0.39, 0.29) is 12.5 Å². The zero-order chi connectivity index (χ0) is 11.3. The van der Waals surface area contributed by atoms with Crippen LogP contribution in [0.15, 0.2) is 0 Å². The summed E-state index contributed by atoms with van der Waals surface area (Å²) in [5.74, 6) is 1.70. The number of carboxylic acids is 1. The molecule has 1 saturated heterocycles. The molecule has 86 valence electrons. The van der Waals surface area contributed by atoms with Gasteiger partial charge in [-0.2, -0.15) is 11.8 Å². The molecule has 0 aromatic carbocycles. The number of carbonyl (C=O) groups excluding carboxylic acids is 1. The Morgan fingerprint density at radius 2 is 2.00 bits per heavy atom. The second-order valence-corrected chi connectivity index (χ2v) is 5.13. The minimum Gasteiger partial charge on any atom is -0.480 e. The Hall–Kier alpha value is -0.710. The summed E-state index contributed by atoms with van der Waals surface area (Å²) in [7, 11) is 1.55. The lowest BCUT2D eigenvalue weighted by molar-refractivity contribution is -0.143. The molecule has 0 atom stereocenters. The predicted molar refractivity (Wildman–Crippen MR) is 59.9 cm³/mol. The second kappa shape index (κ2) is 6.00. The van der Waals surface area contributed by atoms with E-state index >= 15 is 0 Å². The Bertz CT molecular complexity index is 239. The highest BCUT2D eigenvalue weighted by Crippen LogP contribution is 2.25. The third-order valence-electron chi connectivity index (χ3n) is 2.60. The molecule has 0 aliphatic carbocycles. The average molecular weight is 231 g/mol. The molecule has 4 nitrogen and oxygen atoms in total. The summed E-state index contributed by atoms with van der Waals surface area (Å²) in [6.07, 6.45) is 2.67. The van der Waals surface area contributed by atoms with E-state index in [0.29, 0.717) is 12.3 Å². The van der Waals surface area contributed by atoms with E-state index in [0.717, 1.165) is 24.3 Å². The van der Waals surface area contributed by atoms with E-state index < -0.39 is 5.97 Å². The van der Waals surface area contributed by atoms with E-state index in [9.17, 15) is 9.59 Å². The van der Waals surface area contributed by atoms with Crippen molar-refractivity contribution in [3.05, 3.63) is 0 Å². The molecule has 0 bridgehead atoms. The second-order valence-electron chi connectivity index (χ2n) is 3.90. The van der Waals surface area contributed by atoms with E-state index in [2.05, 4.69) is 0 Å². The van der Waals surface area contributed by atoms with Crippen LogP contribution in [0, 0.1) is 5.92 Å². The Labute approximate surface area is 94.0 Å². The van der Waals surface area contributed by atoms with Gasteiger partial charge >= 0.3 is 5.97 Å². The van der Waals surface area contributed by atoms with E-state index in [1.807, 2.05) is 11.8 Å². The van der Waals surface area contributed by atoms with E-state index in [1.165, 1.54) is 4.90 Å². The number of carbonyl (C=O) groups is 2. The first kappa shape index (κ1) is 12.4. The number of aliphatic carboxylic acids is 1. The van der Waals surface area contributed by atoms with Crippen LogP contribution >= 0.6 is 11.8 Å². The number of amides is 1. The highest BCUT2D eigenvalue weighted by atomic mass is 32.2. The fraction of sp³-hybridized carbons (Fsp3) is 0.800. The molecule has 0 radical (unpaired) electrons. The van der Waals surface area contributed by atoms with Crippen molar-refractivity contribution in [3.63, 3.8) is 0 Å². The first-order valence-electron chi connectivity index (χ1n) is 5.13. The molecular formula is C10H17NO3S. The molecule has 0 spiro atoms. The number of hydrogen-bond donors (Lipinski definition) is 1. The third kappa shape index (κ3) is 4.55. The quantitative estimate of drug-likeness (QED) is 0.786. The van der Waals surface area contributed by atoms with Gasteiger partial charge in [0, 0.05) is 13.5 Å². The predicted octanol–water partition coefficient (Wildman–Crippen LogP) is 1.06. The lowest BCUT2D eigenvalue weighted by Gasteiger charge is -2.23. The van der Waals surface area contributed by atoms with Gasteiger partial charge in [-0.1, -0.05) is 0 Å². The smallest absolute Gasteiger partial charge is 0.323 e. The minimum atomic E-state index is -0.954. The topological polar surface area (TPSA) is 57.6 Å². The summed E-state index contributed by atoms with van der Waals surface area (Å²) in [4.78, 5) is 23.3. The number of nitrogens with zero attached hydrogens (tertiary/aromatic N) is 1. The van der Waals surface area contributed by atoms with Crippen molar-refractivity contribution in [2.75, 3.05) is 25.1 Å². The lowest BCUT2D eigenvalue weighted by atomic mass is 9.98. The van der Waals surface area contributed by atoms with Crippen LogP contribution in [-0.4, -0.2) is 47.0 Å². The number of hydrogen-bond acceptors (Lipinski definition) is 3. The van der Waals surface area contributed by atoms with Crippen molar-refractivity contribution in [2.24, 2.45) is 5.92 Å². The summed E-state index contributed by atoms with van der Waals surface area (Å²) in [6, 6.07) is 0. The number of likely N-dealkylation sites (N-methyl/N-ethyl adjacent to an activating group) is 1. The van der Waals surface area contributed by atoms with Gasteiger partial charge in [0.1, 0.15) is 6.54 Å². The maximum Gasteiger partial charge on any atom is 0.323 e. The number of rotatable bonds is 4. The molecule has 5 heteroatoms. The van der Waals surface area contributed by atoms with Gasteiger partial charge in [-0.3, -0.25) is 9.59 Å². The summed E-state index contributed by atoms with van der Waals surface area (Å²) in [5, 5.41) is 8.54. The monoisotopic (exact) mass is 231 g/mol. The summed E-state index contributed by atoms with van der Waals surface area (Å²) < 4.78 is 0. The minimum absolute atomic E-state index is 0.0469. The van der Waals surface area contributed by atoms with Crippen LogP contribution < -0.4 is 0 Å². The van der Waals surface area contributed by atoms with Crippen molar-refractivity contribution >= 4 is 23.6 Å². The Kier molecular flexibility index (Phi) is 4.94. The molecular weight excluding hydrogens is 214 g/mol. The van der Waals surface area contributed by atoms with Gasteiger partial charge in [0.15, 0.2) is 0 Å². The normalized spacial score (nSPS) is 17.4. The van der Waals surface area contributed by atoms with Gasteiger partial charge < -0.3 is 10.0 Å². The first-order chi connectivity index (χ1) is 7.09. The van der Waals surface area contributed by atoms with Gasteiger partial charge in [0.05, 0.1) is 0 Å². The Balaban J connectivity index is 2.30. The fourth-order valence-corrected chi connectivity index (χ4v) is 2.85. The molecule has 1 aliphatic rings. The van der Waals surface area contributed by atoms with Gasteiger partial charge in [-0.15, -0.1) is 0 Å². The maximum absolute atomic E-state index is 11.6. The molecule has 0 aromatic rings. The molecule has 1 rings (SSSR count). The Morgan fingerprint density at radius 1 is 1.40 bits per heavy atom. The molecule has 1 fully saturated rings. The SMILES string of the molecule is CN(CC(=O)O)C(=O)CC1CCSCC1. The average Bonchev–Trinajstić information content (AvgIpc) is 2.18. The zero-order valence-electron chi connectivity index (χ0n) is 8.94. The largest absolute Gasteiger partial charge is 0.480 e. The number of carboxylic acid groups (broad SMARTS) is 1. The molecule has 1 aliphatic heterocycles.